The van der Waals surface area contributed by atoms with Gasteiger partial charge >= 0.3 is 0 Å². The van der Waals surface area contributed by atoms with Gasteiger partial charge in [-0.3, -0.25) is 4.79 Å². The second kappa shape index (κ2) is 6.32. The highest BCUT2D eigenvalue weighted by atomic mass is 16.2. The summed E-state index contributed by atoms with van der Waals surface area (Å²) in [4.78, 5) is 22.9. The maximum atomic E-state index is 12.6. The Kier molecular flexibility index (Phi) is 4.04. The van der Waals surface area contributed by atoms with Gasteiger partial charge in [-0.25, -0.2) is 4.98 Å². The molecule has 0 atom stereocenters. The lowest BCUT2D eigenvalue weighted by Gasteiger charge is -2.34. The van der Waals surface area contributed by atoms with Gasteiger partial charge in [0.1, 0.15) is 5.82 Å². The van der Waals surface area contributed by atoms with E-state index in [-0.39, 0.29) is 5.92 Å². The van der Waals surface area contributed by atoms with E-state index in [1.54, 1.807) is 0 Å². The molecule has 0 radical (unpaired) electrons. The molecular formula is C18H24N4O. The Morgan fingerprint density at radius 2 is 1.83 bits per heavy atom. The van der Waals surface area contributed by atoms with Crippen LogP contribution in [0.4, 0.5) is 0 Å². The molecule has 23 heavy (non-hydrogen) atoms. The largest absolute Gasteiger partial charge is 0.342 e. The predicted octanol–water partition coefficient (Wildman–Crippen LogP) is 2.27. The highest BCUT2D eigenvalue weighted by Crippen LogP contribution is 2.29. The standard InChI is InChI=1S/C18H24N4O/c23-18(14-5-9-19-10-6-14)22-11-7-13(8-12-22)17-20-15-3-1-2-4-16(15)21-17/h1-4,13-14,19H,5-12H2,(H,20,21). The SMILES string of the molecule is O=C(C1CCNCC1)N1CCC(c2nc3ccccc3[nH]2)CC1. The molecule has 0 saturated carbocycles. The summed E-state index contributed by atoms with van der Waals surface area (Å²) < 4.78 is 0. The minimum Gasteiger partial charge on any atom is -0.342 e. The van der Waals surface area contributed by atoms with Crippen molar-refractivity contribution in [3.05, 3.63) is 30.1 Å². The van der Waals surface area contributed by atoms with Gasteiger partial charge in [-0.15, -0.1) is 0 Å². The van der Waals surface area contributed by atoms with Crippen molar-refractivity contribution >= 4 is 16.9 Å². The normalized spacial score (nSPS) is 21.0. The molecule has 3 heterocycles. The zero-order chi connectivity index (χ0) is 15.6. The first-order valence-corrected chi connectivity index (χ1v) is 8.75. The number of amides is 1. The summed E-state index contributed by atoms with van der Waals surface area (Å²) in [6.45, 7) is 3.69. The number of aromatic amines is 1. The third-order valence-electron chi connectivity index (χ3n) is 5.29. The van der Waals surface area contributed by atoms with Crippen molar-refractivity contribution in [1.82, 2.24) is 20.2 Å². The lowest BCUT2D eigenvalue weighted by molar-refractivity contribution is -0.137. The van der Waals surface area contributed by atoms with E-state index in [2.05, 4.69) is 21.3 Å². The Hall–Kier alpha value is -1.88. The van der Waals surface area contributed by atoms with Crippen molar-refractivity contribution in [1.29, 1.82) is 0 Å². The van der Waals surface area contributed by atoms with E-state index in [4.69, 9.17) is 4.98 Å². The molecule has 2 N–H and O–H groups in total. The summed E-state index contributed by atoms with van der Waals surface area (Å²) in [5.41, 5.74) is 2.14. The molecule has 0 bridgehead atoms. The number of likely N-dealkylation sites (tertiary alicyclic amines) is 1. The molecule has 2 saturated heterocycles. The summed E-state index contributed by atoms with van der Waals surface area (Å²) in [7, 11) is 0. The molecule has 0 aliphatic carbocycles. The number of nitrogens with zero attached hydrogens (tertiary/aromatic N) is 2. The van der Waals surface area contributed by atoms with Crippen molar-refractivity contribution in [2.45, 2.75) is 31.6 Å². The Morgan fingerprint density at radius 1 is 1.09 bits per heavy atom. The first-order valence-electron chi connectivity index (χ1n) is 8.75. The molecule has 2 aromatic rings. The molecule has 5 heteroatoms. The number of para-hydroxylation sites is 2. The van der Waals surface area contributed by atoms with Crippen LogP contribution < -0.4 is 5.32 Å². The number of H-pyrrole nitrogens is 1. The van der Waals surface area contributed by atoms with Crippen molar-refractivity contribution in [3.8, 4) is 0 Å². The number of fused-ring (bicyclic) bond motifs is 1. The van der Waals surface area contributed by atoms with E-state index in [0.717, 1.165) is 68.7 Å². The van der Waals surface area contributed by atoms with E-state index in [0.29, 0.717) is 11.8 Å². The fourth-order valence-electron chi connectivity index (χ4n) is 3.87. The number of hydrogen-bond donors (Lipinski definition) is 2. The van der Waals surface area contributed by atoms with Gasteiger partial charge in [0.25, 0.3) is 0 Å². The fraction of sp³-hybridized carbons (Fsp3) is 0.556. The van der Waals surface area contributed by atoms with Crippen molar-refractivity contribution in [3.63, 3.8) is 0 Å². The summed E-state index contributed by atoms with van der Waals surface area (Å²) >= 11 is 0. The molecule has 1 aromatic carbocycles. The van der Waals surface area contributed by atoms with E-state index >= 15 is 0 Å². The molecule has 2 fully saturated rings. The smallest absolute Gasteiger partial charge is 0.225 e. The van der Waals surface area contributed by atoms with Crippen LogP contribution in [0.25, 0.3) is 11.0 Å². The number of carbonyl (C=O) groups excluding carboxylic acids is 1. The van der Waals surface area contributed by atoms with Crippen molar-refractivity contribution in [2.24, 2.45) is 5.92 Å². The quantitative estimate of drug-likeness (QED) is 0.894. The minimum atomic E-state index is 0.235. The average Bonchev–Trinajstić information content (AvgIpc) is 3.06. The number of piperidine rings is 2. The molecule has 1 aromatic heterocycles. The molecule has 0 unspecified atom stereocenters. The summed E-state index contributed by atoms with van der Waals surface area (Å²) in [5, 5.41) is 3.33. The molecule has 2 aliphatic rings. The third kappa shape index (κ3) is 2.98. The molecule has 1 amide bonds. The van der Waals surface area contributed by atoms with Gasteiger partial charge in [0, 0.05) is 24.9 Å². The molecule has 0 spiro atoms. The number of hydrogen-bond acceptors (Lipinski definition) is 3. The van der Waals surface area contributed by atoms with Gasteiger partial charge in [-0.05, 0) is 50.9 Å². The van der Waals surface area contributed by atoms with Crippen molar-refractivity contribution < 1.29 is 4.79 Å². The maximum Gasteiger partial charge on any atom is 0.225 e. The monoisotopic (exact) mass is 312 g/mol. The van der Waals surface area contributed by atoms with Crippen LogP contribution in [-0.4, -0.2) is 47.0 Å². The van der Waals surface area contributed by atoms with Crippen LogP contribution in [0.15, 0.2) is 24.3 Å². The first kappa shape index (κ1) is 14.7. The van der Waals surface area contributed by atoms with Crippen molar-refractivity contribution in [2.75, 3.05) is 26.2 Å². The third-order valence-corrected chi connectivity index (χ3v) is 5.29. The topological polar surface area (TPSA) is 61.0 Å². The summed E-state index contributed by atoms with van der Waals surface area (Å²) in [6.07, 6.45) is 4.00. The van der Waals surface area contributed by atoms with Crippen LogP contribution in [-0.2, 0) is 4.79 Å². The molecule has 122 valence electrons. The lowest BCUT2D eigenvalue weighted by atomic mass is 9.92. The molecular weight excluding hydrogens is 288 g/mol. The summed E-state index contributed by atoms with van der Waals surface area (Å²) in [6, 6.07) is 8.17. The zero-order valence-electron chi connectivity index (χ0n) is 13.4. The van der Waals surface area contributed by atoms with Gasteiger partial charge in [0.2, 0.25) is 5.91 Å². The van der Waals surface area contributed by atoms with Gasteiger partial charge in [-0.1, -0.05) is 12.1 Å². The van der Waals surface area contributed by atoms with E-state index in [1.807, 2.05) is 18.2 Å². The minimum absolute atomic E-state index is 0.235. The van der Waals surface area contributed by atoms with Crippen LogP contribution >= 0.6 is 0 Å². The molecule has 2 aliphatic heterocycles. The highest BCUT2D eigenvalue weighted by molar-refractivity contribution is 5.79. The molecule has 5 nitrogen and oxygen atoms in total. The number of carbonyl (C=O) groups is 1. The van der Waals surface area contributed by atoms with Crippen LogP contribution in [0, 0.1) is 5.92 Å². The number of benzene rings is 1. The molecule has 4 rings (SSSR count). The number of imidazole rings is 1. The maximum absolute atomic E-state index is 12.6. The van der Waals surface area contributed by atoms with E-state index in [9.17, 15) is 4.79 Å². The first-order chi connectivity index (χ1) is 11.3. The lowest BCUT2D eigenvalue weighted by Crippen LogP contribution is -2.44. The predicted molar refractivity (Wildman–Crippen MR) is 90.2 cm³/mol. The Bertz CT molecular complexity index is 648. The Labute approximate surface area is 136 Å². The van der Waals surface area contributed by atoms with Crippen LogP contribution in [0.2, 0.25) is 0 Å². The van der Waals surface area contributed by atoms with Gasteiger partial charge in [0.05, 0.1) is 11.0 Å². The number of aromatic nitrogens is 2. The second-order valence-corrected chi connectivity index (χ2v) is 6.76. The van der Waals surface area contributed by atoms with Gasteiger partial charge in [0.15, 0.2) is 0 Å². The second-order valence-electron chi connectivity index (χ2n) is 6.76. The van der Waals surface area contributed by atoms with E-state index < -0.39 is 0 Å². The fourth-order valence-corrected chi connectivity index (χ4v) is 3.87. The number of nitrogens with one attached hydrogen (secondary N) is 2. The Balaban J connectivity index is 1.39. The van der Waals surface area contributed by atoms with Crippen LogP contribution in [0.5, 0.6) is 0 Å². The highest BCUT2D eigenvalue weighted by Gasteiger charge is 2.30. The number of rotatable bonds is 2. The van der Waals surface area contributed by atoms with Gasteiger partial charge < -0.3 is 15.2 Å². The van der Waals surface area contributed by atoms with Gasteiger partial charge in [-0.2, -0.15) is 0 Å². The average molecular weight is 312 g/mol. The zero-order valence-corrected chi connectivity index (χ0v) is 13.4. The van der Waals surface area contributed by atoms with E-state index in [1.165, 1.54) is 0 Å². The van der Waals surface area contributed by atoms with Crippen LogP contribution in [0.3, 0.4) is 0 Å². The summed E-state index contributed by atoms with van der Waals surface area (Å²) in [5.74, 6) is 2.13. The Morgan fingerprint density at radius 3 is 2.57 bits per heavy atom. The van der Waals surface area contributed by atoms with Crippen LogP contribution in [0.1, 0.15) is 37.4 Å².